The fourth-order valence-corrected chi connectivity index (χ4v) is 2.14. The molecule has 1 N–H and O–H groups in total. The molecule has 0 bridgehead atoms. The van der Waals surface area contributed by atoms with Crippen molar-refractivity contribution >= 4 is 0 Å². The van der Waals surface area contributed by atoms with Crippen molar-refractivity contribution in [1.29, 1.82) is 0 Å². The van der Waals surface area contributed by atoms with Crippen molar-refractivity contribution in [2.45, 2.75) is 6.92 Å². The highest BCUT2D eigenvalue weighted by molar-refractivity contribution is 5.78. The molecule has 3 heterocycles. The van der Waals surface area contributed by atoms with Gasteiger partial charge in [0.05, 0.1) is 17.1 Å². The van der Waals surface area contributed by atoms with E-state index >= 15 is 0 Å². The molecule has 20 heavy (non-hydrogen) atoms. The van der Waals surface area contributed by atoms with Crippen molar-refractivity contribution in [3.05, 3.63) is 70.8 Å². The molecule has 98 valence electrons. The van der Waals surface area contributed by atoms with Gasteiger partial charge in [0.15, 0.2) is 5.43 Å². The summed E-state index contributed by atoms with van der Waals surface area (Å²) in [7, 11) is 0. The van der Waals surface area contributed by atoms with Gasteiger partial charge < -0.3 is 4.98 Å². The summed E-state index contributed by atoms with van der Waals surface area (Å²) < 4.78 is 0. The first-order valence-corrected chi connectivity index (χ1v) is 6.32. The van der Waals surface area contributed by atoms with Gasteiger partial charge in [-0.15, -0.1) is 0 Å². The Morgan fingerprint density at radius 2 is 1.85 bits per heavy atom. The first-order chi connectivity index (χ1) is 9.77. The summed E-state index contributed by atoms with van der Waals surface area (Å²) in [4.78, 5) is 23.7. The predicted octanol–water partition coefficient (Wildman–Crippen LogP) is 2.81. The lowest BCUT2D eigenvalue weighted by Gasteiger charge is -2.09. The van der Waals surface area contributed by atoms with E-state index in [1.807, 2.05) is 30.3 Å². The maximum atomic E-state index is 11.8. The van der Waals surface area contributed by atoms with Gasteiger partial charge in [-0.1, -0.05) is 6.07 Å². The number of pyridine rings is 3. The van der Waals surface area contributed by atoms with E-state index in [2.05, 4.69) is 15.0 Å². The summed E-state index contributed by atoms with van der Waals surface area (Å²) in [6, 6.07) is 11.1. The maximum Gasteiger partial charge on any atom is 0.185 e. The van der Waals surface area contributed by atoms with E-state index in [0.29, 0.717) is 5.56 Å². The summed E-state index contributed by atoms with van der Waals surface area (Å²) in [5, 5.41) is 0. The smallest absolute Gasteiger partial charge is 0.185 e. The summed E-state index contributed by atoms with van der Waals surface area (Å²) in [5.74, 6) is 0. The van der Waals surface area contributed by atoms with Crippen LogP contribution in [0.2, 0.25) is 0 Å². The van der Waals surface area contributed by atoms with Crippen molar-refractivity contribution in [2.24, 2.45) is 0 Å². The lowest BCUT2D eigenvalue weighted by atomic mass is 10.0. The minimum atomic E-state index is -0.00336. The molecule has 0 unspecified atom stereocenters. The van der Waals surface area contributed by atoms with E-state index in [4.69, 9.17) is 0 Å². The lowest BCUT2D eigenvalue weighted by Crippen LogP contribution is -2.07. The van der Waals surface area contributed by atoms with E-state index in [9.17, 15) is 4.79 Å². The zero-order chi connectivity index (χ0) is 13.9. The Morgan fingerprint density at radius 1 is 1.00 bits per heavy atom. The molecule has 0 radical (unpaired) electrons. The Labute approximate surface area is 116 Å². The molecule has 0 saturated carbocycles. The molecule has 0 aliphatic heterocycles. The highest BCUT2D eigenvalue weighted by atomic mass is 16.1. The van der Waals surface area contributed by atoms with Gasteiger partial charge in [-0.25, -0.2) is 0 Å². The van der Waals surface area contributed by atoms with Gasteiger partial charge in [-0.3, -0.25) is 14.8 Å². The zero-order valence-corrected chi connectivity index (χ0v) is 11.0. The number of rotatable bonds is 2. The third-order valence-electron chi connectivity index (χ3n) is 3.19. The molecule has 3 aromatic heterocycles. The summed E-state index contributed by atoms with van der Waals surface area (Å²) >= 11 is 0. The van der Waals surface area contributed by atoms with Crippen LogP contribution in [0, 0.1) is 6.92 Å². The summed E-state index contributed by atoms with van der Waals surface area (Å²) in [6.07, 6.45) is 5.10. The number of nitrogens with zero attached hydrogens (tertiary/aromatic N) is 2. The topological polar surface area (TPSA) is 58.6 Å². The second-order valence-electron chi connectivity index (χ2n) is 4.46. The zero-order valence-electron chi connectivity index (χ0n) is 11.0. The molecule has 0 saturated heterocycles. The minimum absolute atomic E-state index is 0.00336. The molecule has 0 atom stereocenters. The summed E-state index contributed by atoms with van der Waals surface area (Å²) in [5.41, 5.74) is 3.86. The van der Waals surface area contributed by atoms with Crippen LogP contribution in [0.15, 0.2) is 59.8 Å². The quantitative estimate of drug-likeness (QED) is 0.773. The van der Waals surface area contributed by atoms with Crippen molar-refractivity contribution in [1.82, 2.24) is 15.0 Å². The van der Waals surface area contributed by atoms with Crippen LogP contribution in [0.4, 0.5) is 0 Å². The van der Waals surface area contributed by atoms with Gasteiger partial charge in [0.1, 0.15) is 0 Å². The molecule has 3 aromatic rings. The second kappa shape index (κ2) is 5.09. The molecular formula is C16H13N3O. The molecule has 0 spiro atoms. The molecule has 0 aliphatic carbocycles. The molecular weight excluding hydrogens is 250 g/mol. The molecule has 0 aliphatic rings. The standard InChI is InChI=1S/C16H13N3O/c1-11-14(20)7-10-19-15(11)16-12(5-4-9-18-16)13-6-2-3-8-17-13/h2-10H,1H3,(H,19,20). The van der Waals surface area contributed by atoms with Crippen molar-refractivity contribution in [2.75, 3.05) is 0 Å². The first-order valence-electron chi connectivity index (χ1n) is 6.32. The van der Waals surface area contributed by atoms with Crippen LogP contribution in [0.5, 0.6) is 0 Å². The number of hydrogen-bond acceptors (Lipinski definition) is 3. The van der Waals surface area contributed by atoms with Gasteiger partial charge in [-0.2, -0.15) is 0 Å². The van der Waals surface area contributed by atoms with Gasteiger partial charge in [0.2, 0.25) is 0 Å². The minimum Gasteiger partial charge on any atom is -0.359 e. The fourth-order valence-electron chi connectivity index (χ4n) is 2.14. The van der Waals surface area contributed by atoms with Crippen LogP contribution in [-0.4, -0.2) is 15.0 Å². The second-order valence-corrected chi connectivity index (χ2v) is 4.46. The Balaban J connectivity index is 2.26. The monoisotopic (exact) mass is 263 g/mol. The van der Waals surface area contributed by atoms with Crippen molar-refractivity contribution in [3.8, 4) is 22.6 Å². The van der Waals surface area contributed by atoms with E-state index in [1.54, 1.807) is 25.5 Å². The Morgan fingerprint density at radius 3 is 2.65 bits per heavy atom. The highest BCUT2D eigenvalue weighted by Gasteiger charge is 2.12. The van der Waals surface area contributed by atoms with Gasteiger partial charge in [0, 0.05) is 35.8 Å². The van der Waals surface area contributed by atoms with Crippen molar-refractivity contribution < 1.29 is 0 Å². The van der Waals surface area contributed by atoms with Crippen LogP contribution in [-0.2, 0) is 0 Å². The number of aromatic amines is 1. The summed E-state index contributed by atoms with van der Waals surface area (Å²) in [6.45, 7) is 1.80. The molecule has 4 heteroatoms. The first kappa shape index (κ1) is 12.3. The van der Waals surface area contributed by atoms with E-state index < -0.39 is 0 Å². The predicted molar refractivity (Wildman–Crippen MR) is 78.3 cm³/mol. The third kappa shape index (κ3) is 2.12. The van der Waals surface area contributed by atoms with Crippen molar-refractivity contribution in [3.63, 3.8) is 0 Å². The lowest BCUT2D eigenvalue weighted by molar-refractivity contribution is 1.19. The maximum absolute atomic E-state index is 11.8. The Bertz CT molecular complexity index is 794. The van der Waals surface area contributed by atoms with E-state index in [1.165, 1.54) is 6.07 Å². The van der Waals surface area contributed by atoms with Crippen LogP contribution in [0.25, 0.3) is 22.6 Å². The Hall–Kier alpha value is -2.75. The molecule has 0 amide bonds. The van der Waals surface area contributed by atoms with Crippen LogP contribution in [0.1, 0.15) is 5.56 Å². The SMILES string of the molecule is Cc1c(-c2ncccc2-c2ccccn2)[nH]ccc1=O. The molecule has 4 nitrogen and oxygen atoms in total. The van der Waals surface area contributed by atoms with Crippen LogP contribution < -0.4 is 5.43 Å². The average Bonchev–Trinajstić information content (AvgIpc) is 2.51. The highest BCUT2D eigenvalue weighted by Crippen LogP contribution is 2.28. The number of H-pyrrole nitrogens is 1. The fraction of sp³-hybridized carbons (Fsp3) is 0.0625. The van der Waals surface area contributed by atoms with Crippen LogP contribution >= 0.6 is 0 Å². The molecule has 3 rings (SSSR count). The molecule has 0 fully saturated rings. The molecule has 0 aromatic carbocycles. The van der Waals surface area contributed by atoms with Gasteiger partial charge in [0.25, 0.3) is 0 Å². The van der Waals surface area contributed by atoms with Gasteiger partial charge in [-0.05, 0) is 31.2 Å². The largest absolute Gasteiger partial charge is 0.359 e. The average molecular weight is 263 g/mol. The normalized spacial score (nSPS) is 10.4. The number of aromatic nitrogens is 3. The van der Waals surface area contributed by atoms with E-state index in [-0.39, 0.29) is 5.43 Å². The van der Waals surface area contributed by atoms with E-state index in [0.717, 1.165) is 22.6 Å². The number of nitrogens with one attached hydrogen (secondary N) is 1. The third-order valence-corrected chi connectivity index (χ3v) is 3.19. The number of hydrogen-bond donors (Lipinski definition) is 1. The van der Waals surface area contributed by atoms with Gasteiger partial charge >= 0.3 is 0 Å². The van der Waals surface area contributed by atoms with Crippen LogP contribution in [0.3, 0.4) is 0 Å². The Kier molecular flexibility index (Phi) is 3.13.